The van der Waals surface area contributed by atoms with E-state index in [0.717, 1.165) is 70.6 Å². The molecular formula is C71H91F6O36S3-3. The smallest absolute Gasteiger partial charge is 0.369 e. The van der Waals surface area contributed by atoms with Crippen molar-refractivity contribution >= 4 is 102 Å². The summed E-state index contributed by atoms with van der Waals surface area (Å²) < 4.78 is 257. The van der Waals surface area contributed by atoms with E-state index in [1.54, 1.807) is 0 Å². The van der Waals surface area contributed by atoms with Crippen LogP contribution in [0.25, 0.3) is 0 Å². The minimum Gasteiger partial charge on any atom is -0.743 e. The molecule has 9 saturated heterocycles. The van der Waals surface area contributed by atoms with Crippen molar-refractivity contribution in [1.82, 2.24) is 0 Å². The Morgan fingerprint density at radius 1 is 0.414 bits per heavy atom. The van der Waals surface area contributed by atoms with Crippen molar-refractivity contribution in [1.29, 1.82) is 0 Å². The lowest BCUT2D eigenvalue weighted by atomic mass is 9.78. The van der Waals surface area contributed by atoms with Gasteiger partial charge in [-0.1, -0.05) is 41.0 Å². The molecule has 0 amide bonds. The van der Waals surface area contributed by atoms with E-state index in [0.29, 0.717) is 52.9 Å². The molecule has 9 aliphatic heterocycles. The molecule has 654 valence electrons. The van der Waals surface area contributed by atoms with Crippen molar-refractivity contribution in [2.24, 2.45) is 47.3 Å². The largest absolute Gasteiger partial charge is 0.743 e. The summed E-state index contributed by atoms with van der Waals surface area (Å²) in [6.07, 6.45) is -10.9. The highest BCUT2D eigenvalue weighted by Crippen LogP contribution is 2.56. The molecule has 22 unspecified atom stereocenters. The molecule has 45 heteroatoms. The molecule has 9 heterocycles. The molecule has 0 aromatic rings. The van der Waals surface area contributed by atoms with E-state index >= 15 is 0 Å². The highest BCUT2D eigenvalue weighted by atomic mass is 32.2. The van der Waals surface area contributed by atoms with Crippen molar-refractivity contribution in [3.8, 4) is 0 Å². The van der Waals surface area contributed by atoms with Crippen LogP contribution in [0.15, 0.2) is 0 Å². The molecule has 3 aliphatic carbocycles. The summed E-state index contributed by atoms with van der Waals surface area (Å²) in [4.78, 5) is 151. The van der Waals surface area contributed by atoms with Crippen molar-refractivity contribution in [2.45, 2.75) is 321 Å². The fraction of sp³-hybridized carbons (Fsp3) is 0.831. The van der Waals surface area contributed by atoms with E-state index < -0.39 is 300 Å². The van der Waals surface area contributed by atoms with Gasteiger partial charge in [-0.05, 0) is 129 Å². The first-order chi connectivity index (χ1) is 53.9. The van der Waals surface area contributed by atoms with Crippen molar-refractivity contribution in [2.75, 3.05) is 0 Å². The molecule has 22 atom stereocenters. The molecule has 3 saturated carbocycles. The number of carbonyl (C=O) groups is 12. The maximum Gasteiger partial charge on any atom is 0.369 e. The molecule has 0 aromatic carbocycles. The Balaban J connectivity index is 0.000000184. The first kappa shape index (κ1) is 91.1. The summed E-state index contributed by atoms with van der Waals surface area (Å²) >= 11 is 0. The summed E-state index contributed by atoms with van der Waals surface area (Å²) in [6, 6.07) is 0. The first-order valence-electron chi connectivity index (χ1n) is 38.4. The molecule has 6 bridgehead atoms. The lowest BCUT2D eigenvalue weighted by Crippen LogP contribution is -2.50. The SMILES string of the molecule is CC(C)C1(OC(=O)C2C3OC4C(OC(=O)C42)C3OC(=O)CCC(=O)OC(C)C(F)(F)S(=O)(=O)[O-])CCCC1.CCC(C)C1(OC(=O)C2C3OC4C(OC(=O)C42)C3OC(=O)CCC(=O)OC(C)C(F)(F)S(=O)(=O)[O-])CCCC1.CCCCC1(OC(=O)C2C3OC4C(OC(=O)C42)C3OC(=O)CCC(=O)OC(C)C(F)(F)S(=O)(=O)[O-])CCCC1. The number of esters is 12. The minimum absolute atomic E-state index is 0.0431. The van der Waals surface area contributed by atoms with Gasteiger partial charge in [0.15, 0.2) is 85.3 Å². The lowest BCUT2D eigenvalue weighted by molar-refractivity contribution is -0.178. The number of ether oxygens (including phenoxy) is 15. The number of fused-ring (bicyclic) bond motifs is 3. The Bertz CT molecular complexity index is 4140. The van der Waals surface area contributed by atoms with E-state index in [-0.39, 0.29) is 11.8 Å². The van der Waals surface area contributed by atoms with Crippen molar-refractivity contribution in [3.63, 3.8) is 0 Å². The predicted molar refractivity (Wildman–Crippen MR) is 360 cm³/mol. The van der Waals surface area contributed by atoms with Crippen LogP contribution >= 0.6 is 0 Å². The second kappa shape index (κ2) is 34.5. The van der Waals surface area contributed by atoms with Gasteiger partial charge in [0.05, 0.1) is 38.5 Å². The van der Waals surface area contributed by atoms with Gasteiger partial charge in [0.2, 0.25) is 0 Å². The zero-order chi connectivity index (χ0) is 85.9. The number of rotatable bonds is 33. The van der Waals surface area contributed by atoms with Crippen LogP contribution in [-0.2, 0) is 159 Å². The minimum atomic E-state index is -6.08. The quantitative estimate of drug-likeness (QED) is 0.0377. The van der Waals surface area contributed by atoms with Gasteiger partial charge in [-0.3, -0.25) is 57.5 Å². The summed E-state index contributed by atoms with van der Waals surface area (Å²) in [5, 5.41) is -14.6. The number of hydrogen-bond acceptors (Lipinski definition) is 36. The molecule has 0 radical (unpaired) electrons. The average molecular weight is 1730 g/mol. The van der Waals surface area contributed by atoms with Gasteiger partial charge in [-0.15, -0.1) is 0 Å². The predicted octanol–water partition coefficient (Wildman–Crippen LogP) is 4.52. The van der Waals surface area contributed by atoms with Gasteiger partial charge in [0.25, 0.3) is 0 Å². The third-order valence-corrected chi connectivity index (χ3v) is 27.2. The fourth-order valence-corrected chi connectivity index (χ4v) is 19.0. The Morgan fingerprint density at radius 3 is 0.974 bits per heavy atom. The van der Waals surface area contributed by atoms with Gasteiger partial charge in [-0.2, -0.15) is 26.3 Å². The molecule has 116 heavy (non-hydrogen) atoms. The summed E-state index contributed by atoms with van der Waals surface area (Å²) in [5.41, 5.74) is -1.92. The summed E-state index contributed by atoms with van der Waals surface area (Å²) in [6.45, 7) is 11.5. The van der Waals surface area contributed by atoms with Gasteiger partial charge in [0.1, 0.15) is 88.9 Å². The van der Waals surface area contributed by atoms with Crippen LogP contribution in [0.5, 0.6) is 0 Å². The molecule has 0 spiro atoms. The van der Waals surface area contributed by atoms with Crippen LogP contribution < -0.4 is 0 Å². The van der Waals surface area contributed by atoms with Crippen LogP contribution in [-0.4, -0.2) is 235 Å². The lowest BCUT2D eigenvalue weighted by Gasteiger charge is -2.37. The van der Waals surface area contributed by atoms with E-state index in [1.165, 1.54) is 0 Å². The van der Waals surface area contributed by atoms with Crippen molar-refractivity contribution < 1.29 is 194 Å². The number of halogens is 6. The molecule has 12 fully saturated rings. The summed E-state index contributed by atoms with van der Waals surface area (Å²) in [5.74, 6) is -16.6. The molecule has 12 rings (SSSR count). The average Bonchev–Trinajstić information content (AvgIpc) is 1.56. The van der Waals surface area contributed by atoms with E-state index in [2.05, 4.69) is 14.2 Å². The maximum atomic E-state index is 13.5. The molecular weight excluding hydrogens is 1640 g/mol. The Morgan fingerprint density at radius 2 is 0.690 bits per heavy atom. The standard InChI is InChI=1S/2C24H32F2O12S.C23H30F2O12S/c1-4-11(2)23(9-5-6-10-23)38-22(30)16-15-17-20(37-21(15)29)19(18(16)36-17)35-14(28)8-7-13(27)34-12(3)24(25,26)39(31,32)33;1-3-4-9-23(10-5-6-11-23)38-22(30)16-15-17-20(37-21(15)29)19(18(16)36-17)35-14(28)8-7-13(27)34-12(2)24(25,26)39(31,32)33;1-10(2)22(8-4-5-9-22)37-21(29)15-14-16-19(36-20(14)28)18(17(15)35-16)34-13(27)7-6-12(26)33-11(3)23(24,25)38(30,31)32/h11-12,15-20H,4-10H2,1-3H3,(H,31,32,33);12,15-20H,3-11H2,1-2H3,(H,31,32,33);10-11,14-19H,4-9H2,1-3H3,(H,30,31,32)/p-3. The van der Waals surface area contributed by atoms with Gasteiger partial charge in [0, 0.05) is 0 Å². The Labute approximate surface area is 661 Å². The van der Waals surface area contributed by atoms with Crippen LogP contribution in [0.3, 0.4) is 0 Å². The second-order valence-electron chi connectivity index (χ2n) is 31.6. The van der Waals surface area contributed by atoms with E-state index in [4.69, 9.17) is 56.8 Å². The molecule has 12 aliphatic rings. The van der Waals surface area contributed by atoms with E-state index in [1.807, 2.05) is 34.6 Å². The number of alkyl halides is 6. The monoisotopic (exact) mass is 1730 g/mol. The summed E-state index contributed by atoms with van der Waals surface area (Å²) in [7, 11) is -18.3. The second-order valence-corrected chi connectivity index (χ2v) is 36.0. The molecule has 0 N–H and O–H groups in total. The third kappa shape index (κ3) is 18.0. The van der Waals surface area contributed by atoms with Crippen LogP contribution in [0, 0.1) is 47.3 Å². The highest BCUT2D eigenvalue weighted by Gasteiger charge is 2.75. The normalized spacial score (nSPS) is 32.1. The fourth-order valence-electron chi connectivity index (χ4n) is 17.6. The van der Waals surface area contributed by atoms with Crippen molar-refractivity contribution in [3.05, 3.63) is 0 Å². The number of hydrogen-bond donors (Lipinski definition) is 0. The number of unbranched alkanes of at least 4 members (excludes halogenated alkanes) is 1. The highest BCUT2D eigenvalue weighted by molar-refractivity contribution is 7.87. The van der Waals surface area contributed by atoms with Crippen LogP contribution in [0.2, 0.25) is 0 Å². The van der Waals surface area contributed by atoms with E-state index in [9.17, 15) is 123 Å². The maximum absolute atomic E-state index is 13.5. The molecule has 0 aromatic heterocycles. The zero-order valence-electron chi connectivity index (χ0n) is 64.0. The van der Waals surface area contributed by atoms with Crippen LogP contribution in [0.1, 0.15) is 197 Å². The third-order valence-electron chi connectivity index (χ3n) is 24.2. The Hall–Kier alpha value is -7.17. The van der Waals surface area contributed by atoms with Gasteiger partial charge in [-0.25, -0.2) is 25.3 Å². The molecule has 36 nitrogen and oxygen atoms in total. The van der Waals surface area contributed by atoms with Crippen LogP contribution in [0.4, 0.5) is 26.3 Å². The number of carbonyl (C=O) groups excluding carboxylic acids is 12. The van der Waals surface area contributed by atoms with Gasteiger partial charge >= 0.3 is 87.4 Å². The zero-order valence-corrected chi connectivity index (χ0v) is 66.5. The Kier molecular flexibility index (Phi) is 27.1. The first-order valence-corrected chi connectivity index (χ1v) is 42.6. The van der Waals surface area contributed by atoms with Gasteiger partial charge < -0.3 is 84.7 Å². The topological polar surface area (TPSA) is 515 Å².